The lowest BCUT2D eigenvalue weighted by molar-refractivity contribution is -0.139. The van der Waals surface area contributed by atoms with E-state index in [4.69, 9.17) is 10.3 Å². The first-order chi connectivity index (χ1) is 14.1. The van der Waals surface area contributed by atoms with Crippen molar-refractivity contribution in [3.05, 3.63) is 65.7 Å². The van der Waals surface area contributed by atoms with Gasteiger partial charge in [-0.2, -0.15) is 8.42 Å². The molecule has 0 aliphatic heterocycles. The van der Waals surface area contributed by atoms with Crippen molar-refractivity contribution in [2.45, 2.75) is 57.0 Å². The van der Waals surface area contributed by atoms with Crippen LogP contribution >= 0.6 is 0 Å². The Balaban J connectivity index is 0.000000346. The summed E-state index contributed by atoms with van der Waals surface area (Å²) in [5, 5.41) is 2.75. The summed E-state index contributed by atoms with van der Waals surface area (Å²) in [5.74, 6) is -1.12. The maximum absolute atomic E-state index is 11.9. The van der Waals surface area contributed by atoms with Gasteiger partial charge in [-0.15, -0.1) is 0 Å². The summed E-state index contributed by atoms with van der Waals surface area (Å²) in [5.41, 5.74) is 7.63. The van der Waals surface area contributed by atoms with E-state index in [2.05, 4.69) is 5.32 Å². The first-order valence-corrected chi connectivity index (χ1v) is 11.2. The molecule has 8 heteroatoms. The van der Waals surface area contributed by atoms with Crippen molar-refractivity contribution >= 4 is 21.8 Å². The van der Waals surface area contributed by atoms with Gasteiger partial charge in [-0.25, -0.2) is 0 Å². The predicted octanol–water partition coefficient (Wildman–Crippen LogP) is 3.19. The Morgan fingerprint density at radius 2 is 1.60 bits per heavy atom. The predicted molar refractivity (Wildman–Crippen MR) is 117 cm³/mol. The summed E-state index contributed by atoms with van der Waals surface area (Å²) >= 11 is 0. The van der Waals surface area contributed by atoms with Crippen LogP contribution in [-0.2, 0) is 19.7 Å². The highest BCUT2D eigenvalue weighted by atomic mass is 32.2. The fourth-order valence-corrected chi connectivity index (χ4v) is 3.14. The minimum atomic E-state index is -4.02. The topological polar surface area (TPSA) is 127 Å². The molecule has 0 aliphatic carbocycles. The Kier molecular flexibility index (Phi) is 10.4. The number of carbonyl (C=O) groups is 2. The Bertz CT molecular complexity index is 912. The third-order valence-corrected chi connectivity index (χ3v) is 5.26. The summed E-state index contributed by atoms with van der Waals surface area (Å²) in [7, 11) is -4.02. The Hall–Kier alpha value is -2.55. The molecule has 0 heterocycles. The zero-order chi connectivity index (χ0) is 22.7. The number of carbonyl (C=O) groups excluding carboxylic acids is 2. The van der Waals surface area contributed by atoms with Crippen LogP contribution in [0.25, 0.3) is 0 Å². The number of ketones is 1. The molecular weight excluding hydrogens is 404 g/mol. The van der Waals surface area contributed by atoms with Gasteiger partial charge in [0.2, 0.25) is 5.78 Å². The van der Waals surface area contributed by atoms with E-state index in [1.165, 1.54) is 12.1 Å². The molecule has 0 bridgehead atoms. The lowest BCUT2D eigenvalue weighted by Gasteiger charge is -2.18. The molecule has 0 aliphatic rings. The van der Waals surface area contributed by atoms with Crippen LogP contribution in [0.1, 0.15) is 50.3 Å². The summed E-state index contributed by atoms with van der Waals surface area (Å²) in [6.45, 7) is 5.74. The summed E-state index contributed by atoms with van der Waals surface area (Å²) in [6.07, 6.45) is 2.05. The van der Waals surface area contributed by atoms with Gasteiger partial charge in [0, 0.05) is 0 Å². The van der Waals surface area contributed by atoms with Gasteiger partial charge in [-0.05, 0) is 37.5 Å². The average molecular weight is 435 g/mol. The van der Waals surface area contributed by atoms with E-state index in [9.17, 15) is 18.0 Å². The second-order valence-electron chi connectivity index (χ2n) is 6.89. The number of hydrogen-bond donors (Lipinski definition) is 3. The SMILES string of the molecule is CCCC(N)C(=O)C(=O)NC(CC)c1ccccc1.Cc1ccc(S(=O)(=O)O)cc1. The molecule has 2 atom stereocenters. The number of hydrogen-bond acceptors (Lipinski definition) is 5. The van der Waals surface area contributed by atoms with Gasteiger partial charge < -0.3 is 11.1 Å². The molecular formula is C22H30N2O5S. The molecule has 0 fully saturated rings. The van der Waals surface area contributed by atoms with E-state index >= 15 is 0 Å². The minimum absolute atomic E-state index is 0.0666. The van der Waals surface area contributed by atoms with E-state index in [0.29, 0.717) is 6.42 Å². The summed E-state index contributed by atoms with van der Waals surface area (Å²) in [6, 6.07) is 14.8. The highest BCUT2D eigenvalue weighted by molar-refractivity contribution is 7.85. The van der Waals surface area contributed by atoms with Gasteiger partial charge in [0.15, 0.2) is 0 Å². The molecule has 0 aromatic heterocycles. The molecule has 2 aromatic carbocycles. The van der Waals surface area contributed by atoms with Crippen LogP contribution in [0.5, 0.6) is 0 Å². The highest BCUT2D eigenvalue weighted by Gasteiger charge is 2.23. The average Bonchev–Trinajstić information content (AvgIpc) is 2.72. The van der Waals surface area contributed by atoms with Gasteiger partial charge in [0.25, 0.3) is 16.0 Å². The second kappa shape index (κ2) is 12.2. The molecule has 30 heavy (non-hydrogen) atoms. The lowest BCUT2D eigenvalue weighted by Crippen LogP contribution is -2.43. The minimum Gasteiger partial charge on any atom is -0.343 e. The van der Waals surface area contributed by atoms with Crippen molar-refractivity contribution in [1.29, 1.82) is 0 Å². The van der Waals surface area contributed by atoms with Crippen LogP contribution in [0.4, 0.5) is 0 Å². The molecule has 2 aromatic rings. The molecule has 1 amide bonds. The van der Waals surface area contributed by atoms with Crippen LogP contribution < -0.4 is 11.1 Å². The van der Waals surface area contributed by atoms with Crippen molar-refractivity contribution in [3.8, 4) is 0 Å². The smallest absolute Gasteiger partial charge is 0.294 e. The van der Waals surface area contributed by atoms with E-state index in [1.807, 2.05) is 51.1 Å². The molecule has 4 N–H and O–H groups in total. The highest BCUT2D eigenvalue weighted by Crippen LogP contribution is 2.15. The quantitative estimate of drug-likeness (QED) is 0.433. The van der Waals surface area contributed by atoms with Crippen LogP contribution in [0.2, 0.25) is 0 Å². The first kappa shape index (κ1) is 25.5. The van der Waals surface area contributed by atoms with Crippen LogP contribution in [0, 0.1) is 6.92 Å². The number of amides is 1. The third kappa shape index (κ3) is 8.44. The monoisotopic (exact) mass is 434 g/mol. The largest absolute Gasteiger partial charge is 0.343 e. The van der Waals surface area contributed by atoms with E-state index in [-0.39, 0.29) is 10.9 Å². The number of aryl methyl sites for hydroxylation is 1. The van der Waals surface area contributed by atoms with Gasteiger partial charge in [0.1, 0.15) is 0 Å². The number of rotatable bonds is 8. The molecule has 2 rings (SSSR count). The van der Waals surface area contributed by atoms with E-state index < -0.39 is 27.9 Å². The fraction of sp³-hybridized carbons (Fsp3) is 0.364. The number of nitrogens with two attached hydrogens (primary N) is 1. The molecule has 0 saturated carbocycles. The fourth-order valence-electron chi connectivity index (χ4n) is 2.66. The normalized spacial score (nSPS) is 12.8. The first-order valence-electron chi connectivity index (χ1n) is 9.79. The van der Waals surface area contributed by atoms with Crippen molar-refractivity contribution in [2.75, 3.05) is 0 Å². The Morgan fingerprint density at radius 3 is 2.07 bits per heavy atom. The number of Topliss-reactive ketones (excluding diaryl/α,β-unsaturated/α-hetero) is 1. The molecule has 0 spiro atoms. The van der Waals surface area contributed by atoms with Crippen molar-refractivity contribution in [2.24, 2.45) is 5.73 Å². The van der Waals surface area contributed by atoms with Crippen molar-refractivity contribution in [3.63, 3.8) is 0 Å². The molecule has 2 unspecified atom stereocenters. The molecule has 7 nitrogen and oxygen atoms in total. The van der Waals surface area contributed by atoms with Gasteiger partial charge >= 0.3 is 0 Å². The lowest BCUT2D eigenvalue weighted by atomic mass is 10.0. The summed E-state index contributed by atoms with van der Waals surface area (Å²) in [4.78, 5) is 23.6. The zero-order valence-corrected chi connectivity index (χ0v) is 18.4. The second-order valence-corrected chi connectivity index (χ2v) is 8.31. The van der Waals surface area contributed by atoms with Crippen molar-refractivity contribution in [1.82, 2.24) is 5.32 Å². The third-order valence-electron chi connectivity index (χ3n) is 4.39. The van der Waals surface area contributed by atoms with E-state index in [0.717, 1.165) is 24.0 Å². The number of nitrogens with one attached hydrogen (secondary N) is 1. The van der Waals surface area contributed by atoms with Crippen LogP contribution in [0.15, 0.2) is 59.5 Å². The standard InChI is InChI=1S/C15H22N2O2.C7H8O3S/c1-3-8-12(16)14(18)15(19)17-13(4-2)11-9-6-5-7-10-11;1-6-2-4-7(5-3-6)11(8,9)10/h5-7,9-10,12-13H,3-4,8,16H2,1-2H3,(H,17,19);2-5H,1H3,(H,8,9,10). The van der Waals surface area contributed by atoms with Gasteiger partial charge in [0.05, 0.1) is 17.0 Å². The van der Waals surface area contributed by atoms with Crippen LogP contribution in [-0.4, -0.2) is 30.7 Å². The van der Waals surface area contributed by atoms with Gasteiger partial charge in [-0.3, -0.25) is 14.1 Å². The maximum atomic E-state index is 11.9. The van der Waals surface area contributed by atoms with Gasteiger partial charge in [-0.1, -0.05) is 68.3 Å². The van der Waals surface area contributed by atoms with E-state index in [1.54, 1.807) is 12.1 Å². The van der Waals surface area contributed by atoms with Crippen molar-refractivity contribution < 1.29 is 22.6 Å². The molecule has 164 valence electrons. The Labute approximate surface area is 178 Å². The maximum Gasteiger partial charge on any atom is 0.294 e. The van der Waals surface area contributed by atoms with Crippen LogP contribution in [0.3, 0.4) is 0 Å². The zero-order valence-electron chi connectivity index (χ0n) is 17.5. The number of benzene rings is 2. The molecule has 0 radical (unpaired) electrons. The Morgan fingerprint density at radius 1 is 1.03 bits per heavy atom. The summed E-state index contributed by atoms with van der Waals surface area (Å²) < 4.78 is 29.6. The molecule has 0 saturated heterocycles.